The predicted octanol–water partition coefficient (Wildman–Crippen LogP) is 2.13. The zero-order valence-electron chi connectivity index (χ0n) is 14.6. The molecule has 2 amide bonds. The summed E-state index contributed by atoms with van der Waals surface area (Å²) in [6.07, 6.45) is 0.755. The lowest BCUT2D eigenvalue weighted by Crippen LogP contribution is -2.29. The van der Waals surface area contributed by atoms with Gasteiger partial charge in [0.05, 0.1) is 35.1 Å². The molecular weight excluding hydrogens is 367 g/mol. The molecule has 1 aliphatic heterocycles. The van der Waals surface area contributed by atoms with Crippen LogP contribution in [0, 0.1) is 5.82 Å². The van der Waals surface area contributed by atoms with Crippen molar-refractivity contribution in [3.05, 3.63) is 65.0 Å². The zero-order chi connectivity index (χ0) is 19.7. The number of anilines is 2. The Morgan fingerprint density at radius 3 is 2.82 bits per heavy atom. The number of rotatable bonds is 4. The summed E-state index contributed by atoms with van der Waals surface area (Å²) in [6, 6.07) is 10.5. The normalized spacial score (nSPS) is 13.6. The minimum atomic E-state index is -0.556. The SMILES string of the molecule is O=C(Cn1cnc2ccc(F)cc2c1=O)Nc1ccccc1N1CCOC1=O. The van der Waals surface area contributed by atoms with E-state index in [1.54, 1.807) is 24.3 Å². The van der Waals surface area contributed by atoms with Gasteiger partial charge >= 0.3 is 6.09 Å². The number of nitrogens with one attached hydrogen (secondary N) is 1. The number of carbonyl (C=O) groups is 2. The predicted molar refractivity (Wildman–Crippen MR) is 99.7 cm³/mol. The molecule has 28 heavy (non-hydrogen) atoms. The van der Waals surface area contributed by atoms with E-state index in [1.165, 1.54) is 23.4 Å². The summed E-state index contributed by atoms with van der Waals surface area (Å²) in [4.78, 5) is 42.3. The third-order valence-corrected chi connectivity index (χ3v) is 4.33. The van der Waals surface area contributed by atoms with E-state index in [-0.39, 0.29) is 18.5 Å². The first kappa shape index (κ1) is 17.7. The number of hydrogen-bond donors (Lipinski definition) is 1. The maximum absolute atomic E-state index is 13.4. The number of hydrogen-bond acceptors (Lipinski definition) is 5. The number of aromatic nitrogens is 2. The highest BCUT2D eigenvalue weighted by Gasteiger charge is 2.26. The van der Waals surface area contributed by atoms with Crippen molar-refractivity contribution in [3.63, 3.8) is 0 Å². The number of fused-ring (bicyclic) bond motifs is 1. The van der Waals surface area contributed by atoms with Gasteiger partial charge in [-0.2, -0.15) is 0 Å². The van der Waals surface area contributed by atoms with Crippen LogP contribution in [0.4, 0.5) is 20.6 Å². The molecule has 0 atom stereocenters. The molecule has 0 aliphatic carbocycles. The number of amides is 2. The van der Waals surface area contributed by atoms with Crippen LogP contribution in [0.3, 0.4) is 0 Å². The quantitative estimate of drug-likeness (QED) is 0.746. The van der Waals surface area contributed by atoms with Crippen LogP contribution in [0.5, 0.6) is 0 Å². The molecule has 8 nitrogen and oxygen atoms in total. The Labute approximate surface area is 158 Å². The standard InChI is InChI=1S/C19H15FN4O4/c20-12-5-6-14-13(9-12)18(26)23(11-21-14)10-17(25)22-15-3-1-2-4-16(15)24-7-8-28-19(24)27/h1-6,9,11H,7-8,10H2,(H,22,25). The van der Waals surface area contributed by atoms with E-state index in [2.05, 4.69) is 10.3 Å². The molecule has 2 aromatic carbocycles. The van der Waals surface area contributed by atoms with Gasteiger partial charge in [-0.05, 0) is 30.3 Å². The molecule has 0 spiro atoms. The van der Waals surface area contributed by atoms with Gasteiger partial charge in [0.15, 0.2) is 0 Å². The Morgan fingerprint density at radius 2 is 2.04 bits per heavy atom. The van der Waals surface area contributed by atoms with Crippen LogP contribution in [0.2, 0.25) is 0 Å². The smallest absolute Gasteiger partial charge is 0.414 e. The fourth-order valence-corrected chi connectivity index (χ4v) is 3.02. The van der Waals surface area contributed by atoms with Crippen molar-refractivity contribution in [3.8, 4) is 0 Å². The molecule has 1 N–H and O–H groups in total. The maximum atomic E-state index is 13.4. The maximum Gasteiger partial charge on any atom is 0.414 e. The summed E-state index contributed by atoms with van der Waals surface area (Å²) in [7, 11) is 0. The monoisotopic (exact) mass is 382 g/mol. The fourth-order valence-electron chi connectivity index (χ4n) is 3.02. The van der Waals surface area contributed by atoms with Gasteiger partial charge in [-0.15, -0.1) is 0 Å². The van der Waals surface area contributed by atoms with Crippen molar-refractivity contribution in [1.82, 2.24) is 9.55 Å². The minimum absolute atomic E-state index is 0.0931. The molecule has 0 saturated carbocycles. The summed E-state index contributed by atoms with van der Waals surface area (Å²) < 4.78 is 19.5. The van der Waals surface area contributed by atoms with E-state index in [0.29, 0.717) is 23.4 Å². The molecule has 142 valence electrons. The van der Waals surface area contributed by atoms with Gasteiger partial charge in [-0.1, -0.05) is 12.1 Å². The Bertz CT molecular complexity index is 1140. The highest BCUT2D eigenvalue weighted by Crippen LogP contribution is 2.27. The third-order valence-electron chi connectivity index (χ3n) is 4.33. The molecule has 1 saturated heterocycles. The van der Waals surface area contributed by atoms with E-state index in [0.717, 1.165) is 10.6 Å². The second-order valence-corrected chi connectivity index (χ2v) is 6.17. The summed E-state index contributed by atoms with van der Waals surface area (Å²) in [5, 5.41) is 2.79. The second-order valence-electron chi connectivity index (χ2n) is 6.17. The van der Waals surface area contributed by atoms with Crippen LogP contribution in [-0.4, -0.2) is 34.7 Å². The number of para-hydroxylation sites is 2. The summed E-state index contributed by atoms with van der Waals surface area (Å²) >= 11 is 0. The first-order chi connectivity index (χ1) is 13.5. The van der Waals surface area contributed by atoms with Gasteiger partial charge in [0, 0.05) is 0 Å². The average Bonchev–Trinajstić information content (AvgIpc) is 3.11. The molecule has 1 aliphatic rings. The zero-order valence-corrected chi connectivity index (χ0v) is 14.6. The lowest BCUT2D eigenvalue weighted by atomic mass is 10.2. The number of ether oxygens (including phenoxy) is 1. The van der Waals surface area contributed by atoms with Crippen molar-refractivity contribution in [2.75, 3.05) is 23.4 Å². The molecule has 0 radical (unpaired) electrons. The Balaban J connectivity index is 1.58. The molecule has 0 bridgehead atoms. The van der Waals surface area contributed by atoms with Crippen molar-refractivity contribution >= 4 is 34.3 Å². The van der Waals surface area contributed by atoms with E-state index in [1.807, 2.05) is 0 Å². The Hall–Kier alpha value is -3.75. The number of benzene rings is 2. The molecule has 1 aromatic heterocycles. The van der Waals surface area contributed by atoms with Crippen LogP contribution < -0.4 is 15.8 Å². The highest BCUT2D eigenvalue weighted by atomic mass is 19.1. The van der Waals surface area contributed by atoms with Crippen LogP contribution in [0.1, 0.15) is 0 Å². The Morgan fingerprint density at radius 1 is 1.21 bits per heavy atom. The molecule has 4 rings (SSSR count). The van der Waals surface area contributed by atoms with Crippen LogP contribution >= 0.6 is 0 Å². The largest absolute Gasteiger partial charge is 0.447 e. The van der Waals surface area contributed by atoms with Crippen LogP contribution in [-0.2, 0) is 16.1 Å². The third kappa shape index (κ3) is 3.29. The van der Waals surface area contributed by atoms with E-state index < -0.39 is 23.4 Å². The molecule has 9 heteroatoms. The van der Waals surface area contributed by atoms with Gasteiger partial charge in [0.1, 0.15) is 19.0 Å². The highest BCUT2D eigenvalue weighted by molar-refractivity contribution is 5.99. The number of cyclic esters (lactones) is 1. The molecular formula is C19H15FN4O4. The molecule has 2 heterocycles. The lowest BCUT2D eigenvalue weighted by Gasteiger charge is -2.17. The second kappa shape index (κ2) is 7.10. The first-order valence-corrected chi connectivity index (χ1v) is 8.51. The van der Waals surface area contributed by atoms with Crippen LogP contribution in [0.25, 0.3) is 10.9 Å². The van der Waals surface area contributed by atoms with E-state index in [9.17, 15) is 18.8 Å². The van der Waals surface area contributed by atoms with Crippen molar-refractivity contribution in [2.45, 2.75) is 6.54 Å². The Kier molecular flexibility index (Phi) is 4.48. The van der Waals surface area contributed by atoms with Crippen molar-refractivity contribution in [1.29, 1.82) is 0 Å². The number of halogens is 1. The number of nitrogens with zero attached hydrogens (tertiary/aromatic N) is 3. The molecule has 1 fully saturated rings. The fraction of sp³-hybridized carbons (Fsp3) is 0.158. The summed E-state index contributed by atoms with van der Waals surface area (Å²) in [5.74, 6) is -1.04. The van der Waals surface area contributed by atoms with E-state index in [4.69, 9.17) is 4.74 Å². The van der Waals surface area contributed by atoms with Crippen molar-refractivity contribution in [2.24, 2.45) is 0 Å². The number of carbonyl (C=O) groups excluding carboxylic acids is 2. The van der Waals surface area contributed by atoms with Crippen molar-refractivity contribution < 1.29 is 18.7 Å². The lowest BCUT2D eigenvalue weighted by molar-refractivity contribution is -0.116. The molecule has 0 unspecified atom stereocenters. The van der Waals surface area contributed by atoms with Gasteiger partial charge in [-0.3, -0.25) is 19.1 Å². The summed E-state index contributed by atoms with van der Waals surface area (Å²) in [6.45, 7) is 0.345. The van der Waals surface area contributed by atoms with Gasteiger partial charge in [-0.25, -0.2) is 14.2 Å². The minimum Gasteiger partial charge on any atom is -0.447 e. The first-order valence-electron chi connectivity index (χ1n) is 8.51. The van der Waals surface area contributed by atoms with Gasteiger partial charge < -0.3 is 10.1 Å². The van der Waals surface area contributed by atoms with E-state index >= 15 is 0 Å². The van der Waals surface area contributed by atoms with Gasteiger partial charge in [0.25, 0.3) is 5.56 Å². The van der Waals surface area contributed by atoms with Gasteiger partial charge in [0.2, 0.25) is 5.91 Å². The summed E-state index contributed by atoms with van der Waals surface area (Å²) in [5.41, 5.74) is 0.751. The average molecular weight is 382 g/mol. The molecule has 3 aromatic rings. The van der Waals surface area contributed by atoms with Crippen LogP contribution in [0.15, 0.2) is 53.6 Å². The topological polar surface area (TPSA) is 93.5 Å².